The molecule has 0 aliphatic rings. The van der Waals surface area contributed by atoms with E-state index in [0.717, 1.165) is 22.3 Å². The molecule has 146 valence electrons. The van der Waals surface area contributed by atoms with Gasteiger partial charge >= 0.3 is 0 Å². The third-order valence-electron chi connectivity index (χ3n) is 5.15. The van der Waals surface area contributed by atoms with Crippen LogP contribution in [0.4, 0.5) is 11.4 Å². The molecule has 0 saturated carbocycles. The van der Waals surface area contributed by atoms with Crippen LogP contribution in [0.2, 0.25) is 0 Å². The Morgan fingerprint density at radius 2 is 1.66 bits per heavy atom. The molecule has 3 N–H and O–H groups in total. The number of hydrogen-bond acceptors (Lipinski definition) is 4. The van der Waals surface area contributed by atoms with E-state index in [9.17, 15) is 0 Å². The van der Waals surface area contributed by atoms with Gasteiger partial charge in [-0.2, -0.15) is 0 Å². The molecule has 1 aromatic heterocycles. The van der Waals surface area contributed by atoms with Crippen molar-refractivity contribution in [3.63, 3.8) is 0 Å². The van der Waals surface area contributed by atoms with E-state index < -0.39 is 0 Å². The van der Waals surface area contributed by atoms with Crippen molar-refractivity contribution in [3.8, 4) is 11.1 Å². The summed E-state index contributed by atoms with van der Waals surface area (Å²) in [6.07, 6.45) is 1.84. The number of anilines is 2. The number of rotatable bonds is 7. The Hall–Kier alpha value is -3.21. The van der Waals surface area contributed by atoms with Crippen LogP contribution < -0.4 is 10.6 Å². The van der Waals surface area contributed by atoms with E-state index in [4.69, 9.17) is 5.11 Å². The van der Waals surface area contributed by atoms with E-state index in [1.807, 2.05) is 18.3 Å². The molecule has 0 spiro atoms. The van der Waals surface area contributed by atoms with E-state index in [1.54, 1.807) is 0 Å². The molecule has 0 aliphatic carbocycles. The maximum absolute atomic E-state index is 9.01. The predicted molar refractivity (Wildman–Crippen MR) is 120 cm³/mol. The lowest BCUT2D eigenvalue weighted by Gasteiger charge is -2.16. The van der Waals surface area contributed by atoms with Crippen LogP contribution in [0, 0.1) is 6.92 Å². The minimum atomic E-state index is 0.132. The average molecular weight is 383 g/mol. The number of fused-ring (bicyclic) bond motifs is 1. The first kappa shape index (κ1) is 19.1. The van der Waals surface area contributed by atoms with Gasteiger partial charge in [0.05, 0.1) is 17.8 Å². The van der Waals surface area contributed by atoms with Gasteiger partial charge in [-0.05, 0) is 47.4 Å². The summed E-state index contributed by atoms with van der Waals surface area (Å²) >= 11 is 0. The zero-order valence-electron chi connectivity index (χ0n) is 16.5. The van der Waals surface area contributed by atoms with Gasteiger partial charge in [0, 0.05) is 30.4 Å². The Morgan fingerprint density at radius 1 is 0.862 bits per heavy atom. The largest absolute Gasteiger partial charge is 0.395 e. The lowest BCUT2D eigenvalue weighted by Crippen LogP contribution is -2.17. The first-order chi connectivity index (χ1) is 14.3. The van der Waals surface area contributed by atoms with Crippen LogP contribution in [0.3, 0.4) is 0 Å². The summed E-state index contributed by atoms with van der Waals surface area (Å²) in [4.78, 5) is 4.64. The molecule has 0 aliphatic heterocycles. The van der Waals surface area contributed by atoms with Crippen LogP contribution in [-0.2, 0) is 6.54 Å². The fraction of sp³-hybridized carbons (Fsp3) is 0.160. The molecule has 4 aromatic rings. The van der Waals surface area contributed by atoms with Crippen molar-refractivity contribution in [2.24, 2.45) is 0 Å². The third-order valence-corrected chi connectivity index (χ3v) is 5.15. The second-order valence-corrected chi connectivity index (χ2v) is 7.04. The Balaban J connectivity index is 1.69. The average Bonchev–Trinajstić information content (AvgIpc) is 2.76. The number of benzene rings is 3. The fourth-order valence-electron chi connectivity index (χ4n) is 3.64. The van der Waals surface area contributed by atoms with Gasteiger partial charge in [0.2, 0.25) is 0 Å². The maximum atomic E-state index is 9.01. The van der Waals surface area contributed by atoms with E-state index in [0.29, 0.717) is 13.1 Å². The Bertz CT molecular complexity index is 1110. The van der Waals surface area contributed by atoms with Crippen molar-refractivity contribution >= 4 is 22.3 Å². The molecular formula is C25H25N3O. The molecule has 29 heavy (non-hydrogen) atoms. The molecule has 0 saturated heterocycles. The molecule has 0 fully saturated rings. The molecule has 0 radical (unpaired) electrons. The highest BCUT2D eigenvalue weighted by molar-refractivity contribution is 5.94. The summed E-state index contributed by atoms with van der Waals surface area (Å²) in [5.74, 6) is 0. The minimum absolute atomic E-state index is 0.132. The highest BCUT2D eigenvalue weighted by atomic mass is 16.3. The van der Waals surface area contributed by atoms with Crippen LogP contribution in [0.25, 0.3) is 22.0 Å². The second kappa shape index (κ2) is 8.86. The molecule has 0 atom stereocenters. The number of aliphatic hydroxyl groups is 1. The van der Waals surface area contributed by atoms with Gasteiger partial charge in [0.15, 0.2) is 0 Å². The fourth-order valence-corrected chi connectivity index (χ4v) is 3.64. The van der Waals surface area contributed by atoms with Crippen molar-refractivity contribution in [3.05, 3.63) is 90.1 Å². The molecule has 0 bridgehead atoms. The molecular weight excluding hydrogens is 358 g/mol. The van der Waals surface area contributed by atoms with Crippen molar-refractivity contribution in [1.82, 2.24) is 10.3 Å². The number of hydrogen-bond donors (Lipinski definition) is 3. The van der Waals surface area contributed by atoms with E-state index in [2.05, 4.69) is 83.2 Å². The number of nitrogens with one attached hydrogen (secondary N) is 2. The van der Waals surface area contributed by atoms with Crippen LogP contribution in [0.1, 0.15) is 11.1 Å². The summed E-state index contributed by atoms with van der Waals surface area (Å²) in [6.45, 7) is 3.55. The van der Waals surface area contributed by atoms with Crippen molar-refractivity contribution in [2.75, 3.05) is 18.5 Å². The quantitative estimate of drug-likeness (QED) is 0.392. The monoisotopic (exact) mass is 383 g/mol. The van der Waals surface area contributed by atoms with Crippen molar-refractivity contribution in [2.45, 2.75) is 13.5 Å². The number of pyridine rings is 1. The summed E-state index contributed by atoms with van der Waals surface area (Å²) in [5, 5.41) is 17.0. The lowest BCUT2D eigenvalue weighted by atomic mass is 9.99. The molecule has 4 nitrogen and oxygen atoms in total. The first-order valence-electron chi connectivity index (χ1n) is 9.88. The van der Waals surface area contributed by atoms with Gasteiger partial charge in [-0.25, -0.2) is 0 Å². The van der Waals surface area contributed by atoms with Gasteiger partial charge in [-0.1, -0.05) is 54.6 Å². The van der Waals surface area contributed by atoms with Gasteiger partial charge < -0.3 is 15.7 Å². The standard InChI is InChI=1S/C25H25N3O/c1-18-21(19-7-3-2-4-8-19)9-5-11-23(18)28-24-12-6-10-22-20(17-26-15-16-29)13-14-27-25(22)24/h2-14,26,28-29H,15-17H2,1H3. The maximum Gasteiger partial charge on any atom is 0.0939 e. The van der Waals surface area contributed by atoms with Crippen LogP contribution >= 0.6 is 0 Å². The highest BCUT2D eigenvalue weighted by Crippen LogP contribution is 2.32. The second-order valence-electron chi connectivity index (χ2n) is 7.04. The Labute approximate surface area is 171 Å². The zero-order chi connectivity index (χ0) is 20.1. The molecule has 4 rings (SSSR count). The molecule has 3 aromatic carbocycles. The van der Waals surface area contributed by atoms with E-state index >= 15 is 0 Å². The molecule has 1 heterocycles. The summed E-state index contributed by atoms with van der Waals surface area (Å²) in [5.41, 5.74) is 7.81. The smallest absolute Gasteiger partial charge is 0.0939 e. The predicted octanol–water partition coefficient (Wildman–Crippen LogP) is 5.04. The topological polar surface area (TPSA) is 57.2 Å². The number of nitrogens with zero attached hydrogens (tertiary/aromatic N) is 1. The first-order valence-corrected chi connectivity index (χ1v) is 9.88. The summed E-state index contributed by atoms with van der Waals surface area (Å²) in [6, 6.07) is 25.0. The van der Waals surface area contributed by atoms with E-state index in [-0.39, 0.29) is 6.61 Å². The van der Waals surface area contributed by atoms with E-state index in [1.165, 1.54) is 22.3 Å². The van der Waals surface area contributed by atoms with Gasteiger partial charge in [0.1, 0.15) is 0 Å². The number of aromatic nitrogens is 1. The highest BCUT2D eigenvalue weighted by Gasteiger charge is 2.10. The number of para-hydroxylation sites is 1. The van der Waals surface area contributed by atoms with Crippen LogP contribution in [-0.4, -0.2) is 23.2 Å². The lowest BCUT2D eigenvalue weighted by molar-refractivity contribution is 0.292. The SMILES string of the molecule is Cc1c(Nc2cccc3c(CNCCO)ccnc23)cccc1-c1ccccc1. The van der Waals surface area contributed by atoms with Gasteiger partial charge in [-0.15, -0.1) is 0 Å². The molecule has 0 unspecified atom stereocenters. The molecule has 4 heteroatoms. The zero-order valence-corrected chi connectivity index (χ0v) is 16.5. The van der Waals surface area contributed by atoms with Gasteiger partial charge in [-0.3, -0.25) is 4.98 Å². The minimum Gasteiger partial charge on any atom is -0.395 e. The number of aliphatic hydroxyl groups excluding tert-OH is 1. The normalized spacial score (nSPS) is 11.0. The summed E-state index contributed by atoms with van der Waals surface area (Å²) < 4.78 is 0. The third kappa shape index (κ3) is 4.14. The van der Waals surface area contributed by atoms with Gasteiger partial charge in [0.25, 0.3) is 0 Å². The summed E-state index contributed by atoms with van der Waals surface area (Å²) in [7, 11) is 0. The van der Waals surface area contributed by atoms with Crippen molar-refractivity contribution < 1.29 is 5.11 Å². The van der Waals surface area contributed by atoms with Crippen molar-refractivity contribution in [1.29, 1.82) is 0 Å². The Morgan fingerprint density at radius 3 is 2.48 bits per heavy atom. The van der Waals surface area contributed by atoms with Crippen LogP contribution in [0.5, 0.6) is 0 Å². The van der Waals surface area contributed by atoms with Crippen LogP contribution in [0.15, 0.2) is 79.0 Å². The Kier molecular flexibility index (Phi) is 5.84. The molecule has 0 amide bonds.